The number of rotatable bonds is 11. The van der Waals surface area contributed by atoms with Crippen LogP contribution in [-0.4, -0.2) is 9.97 Å². The van der Waals surface area contributed by atoms with Gasteiger partial charge in [-0.3, -0.25) is 0 Å². The molecule has 0 aliphatic heterocycles. The van der Waals surface area contributed by atoms with Crippen molar-refractivity contribution in [2.75, 3.05) is 9.80 Å². The van der Waals surface area contributed by atoms with E-state index in [1.54, 1.807) is 0 Å². The van der Waals surface area contributed by atoms with Gasteiger partial charge in [-0.1, -0.05) is 166 Å². The molecule has 0 atom stereocenters. The Kier molecular flexibility index (Phi) is 11.1. The minimum atomic E-state index is -0.290. The fraction of sp³-hybridized carbons (Fsp3) is 0.0423. The van der Waals surface area contributed by atoms with Crippen LogP contribution in [0, 0.1) is 0 Å². The normalized spacial score (nSPS) is 12.4. The molecule has 1 aliphatic carbocycles. The van der Waals surface area contributed by atoms with Gasteiger partial charge in [-0.05, 0) is 171 Å². The van der Waals surface area contributed by atoms with Crippen LogP contribution < -0.4 is 9.80 Å². The topological polar surface area (TPSA) is 58.5 Å². The zero-order chi connectivity index (χ0) is 51.5. The van der Waals surface area contributed by atoms with E-state index in [4.69, 9.17) is 18.8 Å². The Balaban J connectivity index is 0.803. The van der Waals surface area contributed by atoms with E-state index in [1.807, 2.05) is 48.5 Å². The summed E-state index contributed by atoms with van der Waals surface area (Å²) < 4.78 is 12.5. The third kappa shape index (κ3) is 8.33. The maximum absolute atomic E-state index is 6.29. The van der Waals surface area contributed by atoms with Crippen LogP contribution in [0.3, 0.4) is 0 Å². The van der Waals surface area contributed by atoms with Gasteiger partial charge in [-0.2, -0.15) is 0 Å². The zero-order valence-electron chi connectivity index (χ0n) is 42.5. The number of fused-ring (bicyclic) bond motifs is 5. The maximum Gasteiger partial charge on any atom is 0.227 e. The van der Waals surface area contributed by atoms with E-state index in [1.165, 1.54) is 44.5 Å². The van der Waals surface area contributed by atoms with Crippen LogP contribution in [0.1, 0.15) is 25.0 Å². The molecule has 0 saturated heterocycles. The van der Waals surface area contributed by atoms with E-state index in [2.05, 4.69) is 242 Å². The van der Waals surface area contributed by atoms with Gasteiger partial charge in [0.05, 0.1) is 0 Å². The fourth-order valence-electron chi connectivity index (χ4n) is 11.2. The monoisotopic (exact) mass is 990 g/mol. The van der Waals surface area contributed by atoms with E-state index < -0.39 is 0 Å². The minimum absolute atomic E-state index is 0.290. The highest BCUT2D eigenvalue weighted by Gasteiger charge is 2.36. The largest absolute Gasteiger partial charge is 0.436 e. The Morgan fingerprint density at radius 2 is 0.636 bits per heavy atom. The van der Waals surface area contributed by atoms with Gasteiger partial charge in [0.25, 0.3) is 0 Å². The summed E-state index contributed by atoms with van der Waals surface area (Å²) in [6.07, 6.45) is 0. The lowest BCUT2D eigenvalue weighted by molar-refractivity contribution is 0.619. The number of benzene rings is 11. The van der Waals surface area contributed by atoms with Gasteiger partial charge in [0, 0.05) is 50.7 Å². The first kappa shape index (κ1) is 45.6. The van der Waals surface area contributed by atoms with Crippen molar-refractivity contribution < 1.29 is 8.83 Å². The molecule has 77 heavy (non-hydrogen) atoms. The highest BCUT2D eigenvalue weighted by Crippen LogP contribution is 2.52. The first-order valence-corrected chi connectivity index (χ1v) is 26.1. The lowest BCUT2D eigenvalue weighted by atomic mass is 9.81. The molecule has 2 aromatic heterocycles. The van der Waals surface area contributed by atoms with Crippen molar-refractivity contribution >= 4 is 56.3 Å². The number of nitrogens with zero attached hydrogens (tertiary/aromatic N) is 4. The first-order valence-electron chi connectivity index (χ1n) is 26.1. The summed E-state index contributed by atoms with van der Waals surface area (Å²) in [5.74, 6) is 1.19. The van der Waals surface area contributed by atoms with Crippen LogP contribution in [0.25, 0.3) is 89.6 Å². The summed E-state index contributed by atoms with van der Waals surface area (Å²) in [7, 11) is 0. The molecule has 14 rings (SSSR count). The van der Waals surface area contributed by atoms with Gasteiger partial charge in [0.15, 0.2) is 11.2 Å². The average molecular weight is 991 g/mol. The fourth-order valence-corrected chi connectivity index (χ4v) is 11.2. The lowest BCUT2D eigenvalue weighted by Crippen LogP contribution is -2.16. The van der Waals surface area contributed by atoms with Crippen molar-refractivity contribution in [1.29, 1.82) is 0 Å². The van der Waals surface area contributed by atoms with Crippen LogP contribution in [0.4, 0.5) is 34.1 Å². The Morgan fingerprint density at radius 1 is 0.286 bits per heavy atom. The molecule has 6 heteroatoms. The van der Waals surface area contributed by atoms with E-state index in [0.717, 1.165) is 78.6 Å². The molecule has 0 unspecified atom stereocenters. The lowest BCUT2D eigenvalue weighted by Gasteiger charge is -2.28. The molecule has 0 bridgehead atoms. The highest BCUT2D eigenvalue weighted by molar-refractivity contribution is 5.89. The Bertz CT molecular complexity index is 4230. The summed E-state index contributed by atoms with van der Waals surface area (Å²) in [4.78, 5) is 14.4. The predicted molar refractivity (Wildman–Crippen MR) is 316 cm³/mol. The summed E-state index contributed by atoms with van der Waals surface area (Å²) in [6, 6.07) is 94.4. The molecule has 0 amide bonds. The van der Waals surface area contributed by atoms with Crippen LogP contribution >= 0.6 is 0 Å². The number of anilines is 6. The number of hydrogen-bond donors (Lipinski definition) is 0. The van der Waals surface area contributed by atoms with E-state index in [0.29, 0.717) is 11.8 Å². The van der Waals surface area contributed by atoms with Gasteiger partial charge in [0.2, 0.25) is 11.8 Å². The van der Waals surface area contributed by atoms with E-state index >= 15 is 0 Å². The smallest absolute Gasteiger partial charge is 0.227 e. The van der Waals surface area contributed by atoms with Crippen molar-refractivity contribution in [2.24, 2.45) is 0 Å². The predicted octanol–water partition coefficient (Wildman–Crippen LogP) is 19.5. The molecule has 0 N–H and O–H groups in total. The van der Waals surface area contributed by atoms with Gasteiger partial charge >= 0.3 is 0 Å². The zero-order valence-corrected chi connectivity index (χ0v) is 42.5. The number of hydrogen-bond acceptors (Lipinski definition) is 6. The molecule has 11 aromatic carbocycles. The number of aromatic nitrogens is 2. The Hall–Kier alpha value is -10.0. The first-order chi connectivity index (χ1) is 37.9. The molecule has 13 aromatic rings. The second-order valence-corrected chi connectivity index (χ2v) is 20.2. The van der Waals surface area contributed by atoms with Crippen LogP contribution in [0.2, 0.25) is 0 Å². The van der Waals surface area contributed by atoms with Gasteiger partial charge in [-0.25, -0.2) is 9.97 Å². The molecule has 6 nitrogen and oxygen atoms in total. The summed E-state index contributed by atoms with van der Waals surface area (Å²) in [5.41, 5.74) is 23.1. The minimum Gasteiger partial charge on any atom is -0.436 e. The average Bonchev–Trinajstić information content (AvgIpc) is 4.31. The Labute approximate surface area is 447 Å². The van der Waals surface area contributed by atoms with Gasteiger partial charge in [0.1, 0.15) is 11.0 Å². The Morgan fingerprint density at radius 3 is 1.12 bits per heavy atom. The van der Waals surface area contributed by atoms with E-state index in [-0.39, 0.29) is 5.41 Å². The highest BCUT2D eigenvalue weighted by atomic mass is 16.4. The summed E-state index contributed by atoms with van der Waals surface area (Å²) in [5, 5.41) is 0. The molecule has 366 valence electrons. The second kappa shape index (κ2) is 18.7. The van der Waals surface area contributed by atoms with Crippen molar-refractivity contribution in [2.45, 2.75) is 19.3 Å². The third-order valence-corrected chi connectivity index (χ3v) is 15.1. The molecule has 2 heterocycles. The van der Waals surface area contributed by atoms with Crippen molar-refractivity contribution in [3.63, 3.8) is 0 Å². The number of oxazole rings is 2. The van der Waals surface area contributed by atoms with Crippen molar-refractivity contribution in [3.05, 3.63) is 278 Å². The standard InChI is InChI=1S/C71H50N4O2/c1-71(2)63-45-52(51-31-38-56(39-32-51)74(55-34-27-49(28-35-55)47-15-5-3-6-16-47)58-21-13-19-53(43-58)69-72-65-23-9-11-25-67(65)76-69)33-41-61(63)62-42-40-60(46-64(62)71)75(57-36-29-50(30-37-57)48-17-7-4-8-18-48)59-22-14-20-54(44-59)70-73-66-24-10-12-26-68(66)77-70/h3-46H,1-2H3. The van der Waals surface area contributed by atoms with Crippen LogP contribution in [-0.2, 0) is 5.41 Å². The van der Waals surface area contributed by atoms with E-state index in [9.17, 15) is 0 Å². The molecule has 0 radical (unpaired) electrons. The molecule has 0 saturated carbocycles. The summed E-state index contributed by atoms with van der Waals surface area (Å²) in [6.45, 7) is 4.72. The van der Waals surface area contributed by atoms with Gasteiger partial charge < -0.3 is 18.6 Å². The van der Waals surface area contributed by atoms with Crippen LogP contribution in [0.5, 0.6) is 0 Å². The maximum atomic E-state index is 6.29. The molecular formula is C71H50N4O2. The number of para-hydroxylation sites is 4. The van der Waals surface area contributed by atoms with Crippen molar-refractivity contribution in [1.82, 2.24) is 9.97 Å². The molecule has 1 aliphatic rings. The summed E-state index contributed by atoms with van der Waals surface area (Å²) >= 11 is 0. The second-order valence-electron chi connectivity index (χ2n) is 20.2. The molecule has 0 fully saturated rings. The van der Waals surface area contributed by atoms with Crippen molar-refractivity contribution in [3.8, 4) is 67.4 Å². The quantitative estimate of drug-likeness (QED) is 0.129. The molecular weight excluding hydrogens is 941 g/mol. The van der Waals surface area contributed by atoms with Crippen LogP contribution in [0.15, 0.2) is 276 Å². The molecule has 0 spiro atoms. The third-order valence-electron chi connectivity index (χ3n) is 15.1. The SMILES string of the molecule is CC1(C)c2cc(-c3ccc(N(c4ccc(-c5ccccc5)cc4)c4cccc(-c5nc6ccccc6o5)c4)cc3)ccc2-c2ccc(N(c3ccc(-c4ccccc4)cc3)c3cccc(-c4nc5ccccc5o4)c3)cc21. The van der Waals surface area contributed by atoms with Gasteiger partial charge in [-0.15, -0.1) is 0 Å².